The number of hydrogen-bond donors (Lipinski definition) is 1. The molecule has 0 fully saturated rings. The van der Waals surface area contributed by atoms with Gasteiger partial charge in [0.2, 0.25) is 0 Å². The van der Waals surface area contributed by atoms with E-state index in [1.807, 2.05) is 24.3 Å². The zero-order chi connectivity index (χ0) is 12.7. The Hall–Kier alpha value is -1.37. The maximum absolute atomic E-state index is 8.80. The smallest absolute Gasteiger partial charge is 0.0991 e. The number of rotatable bonds is 6. The van der Waals surface area contributed by atoms with Gasteiger partial charge in [0.05, 0.1) is 11.6 Å². The number of hydrogen-bond acceptors (Lipinski definition) is 3. The summed E-state index contributed by atoms with van der Waals surface area (Å²) in [6, 6.07) is 9.90. The van der Waals surface area contributed by atoms with Gasteiger partial charge in [-0.05, 0) is 44.3 Å². The van der Waals surface area contributed by atoms with E-state index in [-0.39, 0.29) is 0 Å². The predicted octanol–water partition coefficient (Wildman–Crippen LogP) is 1.85. The fraction of sp³-hybridized carbons (Fsp3) is 0.500. The molecule has 1 unspecified atom stereocenters. The van der Waals surface area contributed by atoms with E-state index in [4.69, 9.17) is 5.26 Å². The van der Waals surface area contributed by atoms with E-state index in [9.17, 15) is 0 Å². The van der Waals surface area contributed by atoms with Crippen molar-refractivity contribution >= 4 is 0 Å². The van der Waals surface area contributed by atoms with Crippen LogP contribution in [0.4, 0.5) is 0 Å². The summed E-state index contributed by atoms with van der Waals surface area (Å²) in [5, 5.41) is 12.2. The summed E-state index contributed by atoms with van der Waals surface area (Å²) in [6.45, 7) is 5.15. The second kappa shape index (κ2) is 7.05. The molecule has 92 valence electrons. The van der Waals surface area contributed by atoms with Gasteiger partial charge in [-0.1, -0.05) is 19.1 Å². The van der Waals surface area contributed by atoms with Gasteiger partial charge in [0.25, 0.3) is 0 Å². The Morgan fingerprint density at radius 2 is 2.18 bits per heavy atom. The lowest BCUT2D eigenvalue weighted by atomic mass is 10.1. The van der Waals surface area contributed by atoms with Crippen LogP contribution in [0.5, 0.6) is 0 Å². The van der Waals surface area contributed by atoms with Gasteiger partial charge in [0, 0.05) is 13.1 Å². The average molecular weight is 231 g/mol. The van der Waals surface area contributed by atoms with Crippen LogP contribution in [0.15, 0.2) is 24.3 Å². The van der Waals surface area contributed by atoms with Crippen LogP contribution in [-0.4, -0.2) is 32.1 Å². The lowest BCUT2D eigenvalue weighted by Gasteiger charge is -2.17. The summed E-state index contributed by atoms with van der Waals surface area (Å²) in [4.78, 5) is 2.20. The topological polar surface area (TPSA) is 39.1 Å². The van der Waals surface area contributed by atoms with Gasteiger partial charge in [-0.25, -0.2) is 0 Å². The molecule has 0 heterocycles. The Morgan fingerprint density at radius 3 is 2.82 bits per heavy atom. The molecule has 0 aliphatic rings. The van der Waals surface area contributed by atoms with Gasteiger partial charge in [-0.15, -0.1) is 0 Å². The number of benzene rings is 1. The first-order chi connectivity index (χ1) is 8.11. The predicted molar refractivity (Wildman–Crippen MR) is 70.6 cm³/mol. The van der Waals surface area contributed by atoms with Crippen LogP contribution < -0.4 is 5.32 Å². The van der Waals surface area contributed by atoms with Crippen LogP contribution in [0.25, 0.3) is 0 Å². The van der Waals surface area contributed by atoms with Gasteiger partial charge in [0.15, 0.2) is 0 Å². The maximum atomic E-state index is 8.80. The van der Waals surface area contributed by atoms with Gasteiger partial charge in [-0.3, -0.25) is 0 Å². The standard InChI is InChI=1S/C14H21N3/c1-12(11-17(2)3)9-16-10-14-6-4-5-13(7-14)8-15/h4-7,12,16H,9-11H2,1-3H3. The normalized spacial score (nSPS) is 12.4. The third kappa shape index (κ3) is 5.48. The molecular weight excluding hydrogens is 210 g/mol. The van der Waals surface area contributed by atoms with E-state index in [1.54, 1.807) is 0 Å². The third-order valence-electron chi connectivity index (χ3n) is 2.55. The molecule has 0 aromatic heterocycles. The van der Waals surface area contributed by atoms with Crippen molar-refractivity contribution in [1.29, 1.82) is 5.26 Å². The first-order valence-corrected chi connectivity index (χ1v) is 5.96. The van der Waals surface area contributed by atoms with E-state index in [2.05, 4.69) is 37.3 Å². The van der Waals surface area contributed by atoms with Crippen LogP contribution in [0.3, 0.4) is 0 Å². The lowest BCUT2D eigenvalue weighted by molar-refractivity contribution is 0.330. The van der Waals surface area contributed by atoms with E-state index < -0.39 is 0 Å². The van der Waals surface area contributed by atoms with Gasteiger partial charge >= 0.3 is 0 Å². The van der Waals surface area contributed by atoms with E-state index in [0.717, 1.165) is 25.2 Å². The SMILES string of the molecule is CC(CNCc1cccc(C#N)c1)CN(C)C. The highest BCUT2D eigenvalue weighted by molar-refractivity contribution is 5.32. The van der Waals surface area contributed by atoms with Gasteiger partial charge in [-0.2, -0.15) is 5.26 Å². The average Bonchev–Trinajstić information content (AvgIpc) is 2.28. The fourth-order valence-electron chi connectivity index (χ4n) is 1.90. The molecular formula is C14H21N3. The Kier molecular flexibility index (Phi) is 5.68. The molecule has 1 rings (SSSR count). The van der Waals surface area contributed by atoms with Crippen molar-refractivity contribution in [3.63, 3.8) is 0 Å². The molecule has 3 heteroatoms. The Bertz CT molecular complexity index is 379. The van der Waals surface area contributed by atoms with Crippen molar-refractivity contribution in [2.24, 2.45) is 5.92 Å². The molecule has 0 bridgehead atoms. The molecule has 17 heavy (non-hydrogen) atoms. The van der Waals surface area contributed by atoms with Crippen molar-refractivity contribution in [1.82, 2.24) is 10.2 Å². The molecule has 0 saturated carbocycles. The van der Waals surface area contributed by atoms with Crippen LogP contribution >= 0.6 is 0 Å². The first-order valence-electron chi connectivity index (χ1n) is 5.96. The van der Waals surface area contributed by atoms with E-state index >= 15 is 0 Å². The van der Waals surface area contributed by atoms with Gasteiger partial charge < -0.3 is 10.2 Å². The molecule has 1 aromatic rings. The molecule has 1 N–H and O–H groups in total. The largest absolute Gasteiger partial charge is 0.312 e. The summed E-state index contributed by atoms with van der Waals surface area (Å²) >= 11 is 0. The summed E-state index contributed by atoms with van der Waals surface area (Å²) in [5.74, 6) is 0.629. The second-order valence-electron chi connectivity index (χ2n) is 4.81. The minimum absolute atomic E-state index is 0.629. The summed E-state index contributed by atoms with van der Waals surface area (Å²) < 4.78 is 0. The van der Waals surface area contributed by atoms with Crippen molar-refractivity contribution in [3.05, 3.63) is 35.4 Å². The Balaban J connectivity index is 2.33. The fourth-order valence-corrected chi connectivity index (χ4v) is 1.90. The highest BCUT2D eigenvalue weighted by atomic mass is 15.1. The molecule has 1 aromatic carbocycles. The number of nitriles is 1. The maximum Gasteiger partial charge on any atom is 0.0991 e. The Labute approximate surface area is 104 Å². The second-order valence-corrected chi connectivity index (χ2v) is 4.81. The molecule has 0 aliphatic heterocycles. The summed E-state index contributed by atoms with van der Waals surface area (Å²) in [7, 11) is 4.18. The zero-order valence-corrected chi connectivity index (χ0v) is 10.9. The molecule has 3 nitrogen and oxygen atoms in total. The number of nitrogens with one attached hydrogen (secondary N) is 1. The van der Waals surface area contributed by atoms with Crippen LogP contribution in [0.2, 0.25) is 0 Å². The van der Waals surface area contributed by atoms with Crippen molar-refractivity contribution in [2.75, 3.05) is 27.2 Å². The zero-order valence-electron chi connectivity index (χ0n) is 10.9. The molecule has 0 radical (unpaired) electrons. The van der Waals surface area contributed by atoms with Crippen molar-refractivity contribution in [3.8, 4) is 6.07 Å². The molecule has 0 aliphatic carbocycles. The van der Waals surface area contributed by atoms with E-state index in [1.165, 1.54) is 5.56 Å². The van der Waals surface area contributed by atoms with Crippen molar-refractivity contribution in [2.45, 2.75) is 13.5 Å². The Morgan fingerprint density at radius 1 is 1.41 bits per heavy atom. The van der Waals surface area contributed by atoms with Crippen LogP contribution in [0.1, 0.15) is 18.1 Å². The third-order valence-corrected chi connectivity index (χ3v) is 2.55. The number of nitrogens with zero attached hydrogens (tertiary/aromatic N) is 2. The molecule has 1 atom stereocenters. The molecule has 0 spiro atoms. The van der Waals surface area contributed by atoms with Gasteiger partial charge in [0.1, 0.15) is 0 Å². The quantitative estimate of drug-likeness (QED) is 0.812. The van der Waals surface area contributed by atoms with Crippen LogP contribution in [0, 0.1) is 17.2 Å². The minimum Gasteiger partial charge on any atom is -0.312 e. The summed E-state index contributed by atoms with van der Waals surface area (Å²) in [6.07, 6.45) is 0. The van der Waals surface area contributed by atoms with Crippen LogP contribution in [-0.2, 0) is 6.54 Å². The van der Waals surface area contributed by atoms with E-state index in [0.29, 0.717) is 5.92 Å². The lowest BCUT2D eigenvalue weighted by Crippen LogP contribution is -2.28. The van der Waals surface area contributed by atoms with Crippen molar-refractivity contribution < 1.29 is 0 Å². The monoisotopic (exact) mass is 231 g/mol. The highest BCUT2D eigenvalue weighted by Crippen LogP contribution is 2.04. The molecule has 0 saturated heterocycles. The first kappa shape index (κ1) is 13.7. The minimum atomic E-state index is 0.629. The summed E-state index contributed by atoms with van der Waals surface area (Å²) in [5.41, 5.74) is 1.90. The highest BCUT2D eigenvalue weighted by Gasteiger charge is 2.03. The molecule has 0 amide bonds.